The molecule has 5 heteroatoms. The highest BCUT2D eigenvalue weighted by Gasteiger charge is 2.36. The molecule has 1 fully saturated rings. The smallest absolute Gasteiger partial charge is 0.179 e. The van der Waals surface area contributed by atoms with E-state index in [4.69, 9.17) is 21.1 Å². The summed E-state index contributed by atoms with van der Waals surface area (Å²) >= 11 is 5.64. The highest BCUT2D eigenvalue weighted by atomic mass is 35.5. The van der Waals surface area contributed by atoms with Crippen LogP contribution in [-0.4, -0.2) is 42.2 Å². The molecule has 1 saturated heterocycles. The van der Waals surface area contributed by atoms with Crippen molar-refractivity contribution in [3.05, 3.63) is 23.0 Å². The van der Waals surface area contributed by atoms with Crippen LogP contribution in [0.25, 0.3) is 0 Å². The number of Topliss-reactive ketones (excluding diaryl/α,β-unsaturated/α-hetero) is 1. The molecule has 1 atom stereocenters. The third kappa shape index (κ3) is 2.71. The Morgan fingerprint density at radius 2 is 2.32 bits per heavy atom. The van der Waals surface area contributed by atoms with Gasteiger partial charge in [0.15, 0.2) is 5.78 Å². The van der Waals surface area contributed by atoms with E-state index in [1.54, 1.807) is 7.11 Å². The monoisotopic (exact) mass is 285 g/mol. The fourth-order valence-electron chi connectivity index (χ4n) is 2.63. The van der Waals surface area contributed by atoms with Gasteiger partial charge in [0.05, 0.1) is 19.0 Å². The molecule has 0 bridgehead atoms. The van der Waals surface area contributed by atoms with Gasteiger partial charge >= 0.3 is 0 Å². The molecule has 106 valence electrons. The molecule has 1 aromatic rings. The Bertz CT molecular complexity index is 475. The second-order valence-corrected chi connectivity index (χ2v) is 5.38. The minimum atomic E-state index is -0.282. The number of ether oxygens (including phenoxy) is 2. The Hall–Kier alpha value is -0.840. The van der Waals surface area contributed by atoms with E-state index in [2.05, 4.69) is 4.57 Å². The molecular formula is C14H20ClNO3. The Morgan fingerprint density at radius 1 is 1.58 bits per heavy atom. The molecule has 0 saturated carbocycles. The van der Waals surface area contributed by atoms with Crippen LogP contribution in [0.4, 0.5) is 0 Å². The predicted molar refractivity (Wildman–Crippen MR) is 74.1 cm³/mol. The average Bonchev–Trinajstić information content (AvgIpc) is 2.99. The summed E-state index contributed by atoms with van der Waals surface area (Å²) in [6.07, 6.45) is 0.874. The second-order valence-electron chi connectivity index (χ2n) is 5.12. The molecule has 0 spiro atoms. The summed E-state index contributed by atoms with van der Waals surface area (Å²) in [6.45, 7) is 5.97. The minimum absolute atomic E-state index is 0.0167. The summed E-state index contributed by atoms with van der Waals surface area (Å²) in [5, 5.41) is 0. The van der Waals surface area contributed by atoms with Crippen LogP contribution >= 0.6 is 11.6 Å². The number of carbonyl (C=O) groups excluding carboxylic acids is 1. The number of aromatic nitrogens is 1. The molecule has 4 nitrogen and oxygen atoms in total. The van der Waals surface area contributed by atoms with Gasteiger partial charge in [0.1, 0.15) is 5.60 Å². The largest absolute Gasteiger partial charge is 0.378 e. The number of carbonyl (C=O) groups is 1. The fraction of sp³-hybridized carbons (Fsp3) is 0.643. The maximum atomic E-state index is 11.8. The van der Waals surface area contributed by atoms with E-state index in [0.717, 1.165) is 24.4 Å². The van der Waals surface area contributed by atoms with Gasteiger partial charge in [-0.05, 0) is 19.9 Å². The van der Waals surface area contributed by atoms with E-state index in [1.807, 2.05) is 19.9 Å². The lowest BCUT2D eigenvalue weighted by Crippen LogP contribution is -2.37. The van der Waals surface area contributed by atoms with Crippen LogP contribution < -0.4 is 0 Å². The maximum Gasteiger partial charge on any atom is 0.179 e. The van der Waals surface area contributed by atoms with E-state index in [0.29, 0.717) is 18.7 Å². The number of ketones is 1. The maximum absolute atomic E-state index is 11.8. The molecule has 0 amide bonds. The summed E-state index contributed by atoms with van der Waals surface area (Å²) in [5.41, 5.74) is 2.42. The van der Waals surface area contributed by atoms with Gasteiger partial charge in [0.2, 0.25) is 0 Å². The summed E-state index contributed by atoms with van der Waals surface area (Å²) in [7, 11) is 1.72. The van der Waals surface area contributed by atoms with Crippen LogP contribution in [0.1, 0.15) is 28.2 Å². The van der Waals surface area contributed by atoms with Crippen molar-refractivity contribution in [1.29, 1.82) is 0 Å². The van der Waals surface area contributed by atoms with Gasteiger partial charge in [-0.25, -0.2) is 0 Å². The third-order valence-corrected chi connectivity index (χ3v) is 4.18. The van der Waals surface area contributed by atoms with Crippen LogP contribution in [-0.2, 0) is 16.0 Å². The number of alkyl halides is 1. The van der Waals surface area contributed by atoms with Gasteiger partial charge in [0, 0.05) is 37.1 Å². The second kappa shape index (κ2) is 5.65. The lowest BCUT2D eigenvalue weighted by Gasteiger charge is -2.28. The first-order valence-corrected chi connectivity index (χ1v) is 6.95. The SMILES string of the molecule is COC1(Cn2c(C)cc(C(=O)CCl)c2C)CCOC1. The summed E-state index contributed by atoms with van der Waals surface area (Å²) in [4.78, 5) is 11.8. The van der Waals surface area contributed by atoms with Crippen molar-refractivity contribution in [2.75, 3.05) is 26.2 Å². The van der Waals surface area contributed by atoms with Crippen LogP contribution in [0, 0.1) is 13.8 Å². The van der Waals surface area contributed by atoms with Crippen molar-refractivity contribution in [3.63, 3.8) is 0 Å². The van der Waals surface area contributed by atoms with Crippen molar-refractivity contribution >= 4 is 17.4 Å². The number of aryl methyl sites for hydroxylation is 1. The zero-order chi connectivity index (χ0) is 14.0. The zero-order valence-corrected chi connectivity index (χ0v) is 12.4. The standard InChI is InChI=1S/C14H20ClNO3/c1-10-6-12(13(17)7-15)11(2)16(10)8-14(18-3)4-5-19-9-14/h6H,4-5,7-9H2,1-3H3. The van der Waals surface area contributed by atoms with Gasteiger partial charge < -0.3 is 14.0 Å². The van der Waals surface area contributed by atoms with Crippen LogP contribution in [0.3, 0.4) is 0 Å². The molecule has 1 unspecified atom stereocenters. The number of methoxy groups -OCH3 is 1. The molecule has 19 heavy (non-hydrogen) atoms. The Kier molecular flexibility index (Phi) is 4.33. The molecule has 2 rings (SSSR count). The summed E-state index contributed by atoms with van der Waals surface area (Å²) < 4.78 is 13.2. The van der Waals surface area contributed by atoms with Gasteiger partial charge in [-0.3, -0.25) is 4.79 Å². The molecule has 0 aromatic carbocycles. The highest BCUT2D eigenvalue weighted by Crippen LogP contribution is 2.27. The van der Waals surface area contributed by atoms with Crippen molar-refractivity contribution in [1.82, 2.24) is 4.57 Å². The first-order chi connectivity index (χ1) is 9.03. The molecule has 1 aliphatic rings. The number of hydrogen-bond donors (Lipinski definition) is 0. The van der Waals surface area contributed by atoms with E-state index in [1.165, 1.54) is 0 Å². The molecule has 1 aromatic heterocycles. The van der Waals surface area contributed by atoms with Crippen LogP contribution in [0.15, 0.2) is 6.07 Å². The number of hydrogen-bond acceptors (Lipinski definition) is 3. The molecule has 1 aliphatic heterocycles. The first-order valence-electron chi connectivity index (χ1n) is 6.42. The van der Waals surface area contributed by atoms with E-state index < -0.39 is 0 Å². The molecular weight excluding hydrogens is 266 g/mol. The van der Waals surface area contributed by atoms with Crippen molar-refractivity contribution in [2.45, 2.75) is 32.4 Å². The van der Waals surface area contributed by atoms with Gasteiger partial charge in [0.25, 0.3) is 0 Å². The number of nitrogens with zero attached hydrogens (tertiary/aromatic N) is 1. The molecule has 0 radical (unpaired) electrons. The summed E-state index contributed by atoms with van der Waals surface area (Å²) in [6, 6.07) is 1.90. The van der Waals surface area contributed by atoms with Gasteiger partial charge in [-0.2, -0.15) is 0 Å². The summed E-state index contributed by atoms with van der Waals surface area (Å²) in [5.74, 6) is -0.0156. The van der Waals surface area contributed by atoms with Crippen molar-refractivity contribution in [2.24, 2.45) is 0 Å². The first kappa shape index (κ1) is 14.6. The molecule has 0 aliphatic carbocycles. The quantitative estimate of drug-likeness (QED) is 0.616. The molecule has 0 N–H and O–H groups in total. The molecule has 2 heterocycles. The Labute approximate surface area is 118 Å². The highest BCUT2D eigenvalue weighted by molar-refractivity contribution is 6.30. The lowest BCUT2D eigenvalue weighted by molar-refractivity contribution is -0.0301. The topological polar surface area (TPSA) is 40.5 Å². The minimum Gasteiger partial charge on any atom is -0.378 e. The lowest BCUT2D eigenvalue weighted by atomic mass is 10.0. The van der Waals surface area contributed by atoms with E-state index in [9.17, 15) is 4.79 Å². The predicted octanol–water partition coefficient (Wildman–Crippen LogP) is 2.33. The fourth-order valence-corrected chi connectivity index (χ4v) is 2.77. The van der Waals surface area contributed by atoms with E-state index >= 15 is 0 Å². The van der Waals surface area contributed by atoms with Gasteiger partial charge in [-0.15, -0.1) is 11.6 Å². The normalized spacial score (nSPS) is 22.9. The van der Waals surface area contributed by atoms with E-state index in [-0.39, 0.29) is 17.3 Å². The Balaban J connectivity index is 2.30. The average molecular weight is 286 g/mol. The van der Waals surface area contributed by atoms with Crippen molar-refractivity contribution in [3.8, 4) is 0 Å². The number of halogens is 1. The number of rotatable bonds is 5. The zero-order valence-electron chi connectivity index (χ0n) is 11.7. The van der Waals surface area contributed by atoms with Crippen LogP contribution in [0.2, 0.25) is 0 Å². The van der Waals surface area contributed by atoms with Crippen LogP contribution in [0.5, 0.6) is 0 Å². The Morgan fingerprint density at radius 3 is 2.84 bits per heavy atom. The third-order valence-electron chi connectivity index (χ3n) is 3.94. The van der Waals surface area contributed by atoms with Gasteiger partial charge in [-0.1, -0.05) is 0 Å². The van der Waals surface area contributed by atoms with Crippen molar-refractivity contribution < 1.29 is 14.3 Å².